The number of hydrogen-bond acceptors (Lipinski definition) is 6. The van der Waals surface area contributed by atoms with Crippen molar-refractivity contribution in [3.05, 3.63) is 75.5 Å². The predicted molar refractivity (Wildman–Crippen MR) is 113 cm³/mol. The fourth-order valence-electron chi connectivity index (χ4n) is 3.15. The van der Waals surface area contributed by atoms with Crippen LogP contribution in [0.4, 0.5) is 5.69 Å². The van der Waals surface area contributed by atoms with Crippen LogP contribution in [0.2, 0.25) is 0 Å². The van der Waals surface area contributed by atoms with Gasteiger partial charge in [0.1, 0.15) is 0 Å². The molecular weight excluding hydrogens is 402 g/mol. The number of esters is 1. The molecular formula is C22H21N3O6. The normalized spacial score (nSPS) is 10.6. The van der Waals surface area contributed by atoms with Crippen molar-refractivity contribution < 1.29 is 24.0 Å². The smallest absolute Gasteiger partial charge is 0.308 e. The van der Waals surface area contributed by atoms with Gasteiger partial charge in [0, 0.05) is 46.9 Å². The van der Waals surface area contributed by atoms with Crippen molar-refractivity contribution in [2.24, 2.45) is 0 Å². The molecule has 9 nitrogen and oxygen atoms in total. The summed E-state index contributed by atoms with van der Waals surface area (Å²) in [6.07, 6.45) is 2.33. The molecule has 1 aromatic heterocycles. The summed E-state index contributed by atoms with van der Waals surface area (Å²) in [4.78, 5) is 49.6. The van der Waals surface area contributed by atoms with E-state index >= 15 is 0 Å². The number of para-hydroxylation sites is 1. The maximum atomic E-state index is 12.5. The summed E-state index contributed by atoms with van der Waals surface area (Å²) in [5.41, 5.74) is 2.57. The zero-order chi connectivity index (χ0) is 22.4. The van der Waals surface area contributed by atoms with Crippen LogP contribution in [0.1, 0.15) is 39.6 Å². The van der Waals surface area contributed by atoms with Crippen LogP contribution in [0, 0.1) is 10.1 Å². The highest BCUT2D eigenvalue weighted by molar-refractivity contribution is 6.09. The van der Waals surface area contributed by atoms with Crippen LogP contribution in [0.25, 0.3) is 10.9 Å². The molecule has 9 heteroatoms. The summed E-state index contributed by atoms with van der Waals surface area (Å²) in [7, 11) is 0. The monoisotopic (exact) mass is 423 g/mol. The molecule has 2 N–H and O–H groups in total. The first-order valence-electron chi connectivity index (χ1n) is 9.71. The summed E-state index contributed by atoms with van der Waals surface area (Å²) in [5.74, 6) is -1.40. The Kier molecular flexibility index (Phi) is 6.76. The molecule has 0 atom stereocenters. The summed E-state index contributed by atoms with van der Waals surface area (Å²) in [6.45, 7) is 1.65. The lowest BCUT2D eigenvalue weighted by Crippen LogP contribution is -2.27. The van der Waals surface area contributed by atoms with E-state index in [1.54, 1.807) is 6.20 Å². The van der Waals surface area contributed by atoms with Gasteiger partial charge in [-0.1, -0.05) is 25.1 Å². The van der Waals surface area contributed by atoms with E-state index in [4.69, 9.17) is 4.74 Å². The van der Waals surface area contributed by atoms with Crippen LogP contribution in [0.15, 0.2) is 48.7 Å². The van der Waals surface area contributed by atoms with Crippen molar-refractivity contribution in [2.75, 3.05) is 13.2 Å². The third-order valence-electron chi connectivity index (χ3n) is 4.80. The molecule has 3 rings (SSSR count). The lowest BCUT2D eigenvalue weighted by atomic mass is 10.1. The molecule has 0 fully saturated rings. The number of non-ortho nitro benzene ring substituents is 1. The van der Waals surface area contributed by atoms with E-state index in [0.29, 0.717) is 5.56 Å². The van der Waals surface area contributed by atoms with Gasteiger partial charge in [0.15, 0.2) is 6.61 Å². The molecule has 1 heterocycles. The Hall–Kier alpha value is -4.01. The van der Waals surface area contributed by atoms with Crippen molar-refractivity contribution >= 4 is 34.3 Å². The van der Waals surface area contributed by atoms with Crippen LogP contribution in [0.3, 0.4) is 0 Å². The first-order valence-corrected chi connectivity index (χ1v) is 9.71. The van der Waals surface area contributed by atoms with Gasteiger partial charge in [0.25, 0.3) is 11.6 Å². The molecule has 1 amide bonds. The van der Waals surface area contributed by atoms with Crippen molar-refractivity contribution in [3.63, 3.8) is 0 Å². The lowest BCUT2D eigenvalue weighted by molar-refractivity contribution is -0.384. The number of amides is 1. The third-order valence-corrected chi connectivity index (χ3v) is 4.80. The van der Waals surface area contributed by atoms with Gasteiger partial charge < -0.3 is 15.0 Å². The number of ether oxygens (including phenoxy) is 1. The van der Waals surface area contributed by atoms with Crippen molar-refractivity contribution in [1.29, 1.82) is 0 Å². The summed E-state index contributed by atoms with van der Waals surface area (Å²) >= 11 is 0. The number of benzene rings is 2. The number of nitro benzene ring substituents is 1. The largest absolute Gasteiger partial charge is 0.457 e. The molecule has 0 unspecified atom stereocenters. The number of carbonyl (C=O) groups is 3. The average Bonchev–Trinajstić information content (AvgIpc) is 3.21. The molecule has 0 saturated carbocycles. The Morgan fingerprint density at radius 3 is 2.55 bits per heavy atom. The molecule has 0 aliphatic carbocycles. The number of fused-ring (bicyclic) bond motifs is 1. The highest BCUT2D eigenvalue weighted by Gasteiger charge is 2.16. The second kappa shape index (κ2) is 9.66. The number of aryl methyl sites for hydroxylation is 1. The molecule has 0 bridgehead atoms. The number of aromatic amines is 1. The number of ketones is 1. The van der Waals surface area contributed by atoms with Gasteiger partial charge in [0.05, 0.1) is 11.3 Å². The standard InChI is InChI=1S/C22H21N3O6/c1-2-14-4-3-5-17-18(12-24-21(14)17)19(26)13-31-20(27)10-11-23-22(28)15-6-8-16(9-7-15)25(29)30/h3-9,12,24H,2,10-11,13H2,1H3,(H,23,28). The molecule has 2 aromatic carbocycles. The van der Waals surface area contributed by atoms with Crippen LogP contribution >= 0.6 is 0 Å². The highest BCUT2D eigenvalue weighted by Crippen LogP contribution is 2.22. The fraction of sp³-hybridized carbons (Fsp3) is 0.227. The molecule has 160 valence electrons. The molecule has 0 saturated heterocycles. The van der Waals surface area contributed by atoms with Gasteiger partial charge in [-0.05, 0) is 24.1 Å². The molecule has 0 radical (unpaired) electrons. The Bertz CT molecular complexity index is 1130. The van der Waals surface area contributed by atoms with Crippen molar-refractivity contribution in [1.82, 2.24) is 10.3 Å². The first kappa shape index (κ1) is 21.7. The number of carbonyl (C=O) groups excluding carboxylic acids is 3. The number of nitro groups is 1. The minimum atomic E-state index is -0.619. The molecule has 0 aliphatic rings. The van der Waals surface area contributed by atoms with Gasteiger partial charge in [0.2, 0.25) is 5.78 Å². The number of rotatable bonds is 9. The van der Waals surface area contributed by atoms with Gasteiger partial charge in [-0.25, -0.2) is 0 Å². The third kappa shape index (κ3) is 5.13. The predicted octanol–water partition coefficient (Wildman–Crippen LogP) is 3.18. The van der Waals surface area contributed by atoms with E-state index < -0.39 is 23.4 Å². The van der Waals surface area contributed by atoms with E-state index in [9.17, 15) is 24.5 Å². The van der Waals surface area contributed by atoms with Crippen molar-refractivity contribution in [3.8, 4) is 0 Å². The average molecular weight is 423 g/mol. The quantitative estimate of drug-likeness (QED) is 0.235. The highest BCUT2D eigenvalue weighted by atomic mass is 16.6. The molecule has 0 spiro atoms. The maximum Gasteiger partial charge on any atom is 0.308 e. The number of nitrogens with one attached hydrogen (secondary N) is 2. The number of hydrogen-bond donors (Lipinski definition) is 2. The van der Waals surface area contributed by atoms with Crippen LogP contribution in [0.5, 0.6) is 0 Å². The fourth-order valence-corrected chi connectivity index (χ4v) is 3.15. The van der Waals surface area contributed by atoms with Crippen LogP contribution in [-0.2, 0) is 16.0 Å². The van der Waals surface area contributed by atoms with E-state index in [0.717, 1.165) is 22.9 Å². The second-order valence-corrected chi connectivity index (χ2v) is 6.79. The molecule has 3 aromatic rings. The zero-order valence-electron chi connectivity index (χ0n) is 16.8. The van der Waals surface area contributed by atoms with Gasteiger partial charge >= 0.3 is 5.97 Å². The minimum Gasteiger partial charge on any atom is -0.457 e. The van der Waals surface area contributed by atoms with Crippen LogP contribution < -0.4 is 5.32 Å². The lowest BCUT2D eigenvalue weighted by Gasteiger charge is -2.06. The van der Waals surface area contributed by atoms with E-state index in [-0.39, 0.29) is 30.0 Å². The minimum absolute atomic E-state index is 0.00971. The van der Waals surface area contributed by atoms with E-state index in [1.165, 1.54) is 24.3 Å². The Balaban J connectivity index is 1.46. The molecule has 31 heavy (non-hydrogen) atoms. The summed E-state index contributed by atoms with van der Waals surface area (Å²) in [5, 5.41) is 14.0. The van der Waals surface area contributed by atoms with E-state index in [1.807, 2.05) is 25.1 Å². The Morgan fingerprint density at radius 1 is 1.13 bits per heavy atom. The first-order chi connectivity index (χ1) is 14.9. The summed E-state index contributed by atoms with van der Waals surface area (Å²) < 4.78 is 5.03. The number of nitrogens with zero attached hydrogens (tertiary/aromatic N) is 1. The Morgan fingerprint density at radius 2 is 1.87 bits per heavy atom. The van der Waals surface area contributed by atoms with Crippen LogP contribution in [-0.4, -0.2) is 40.7 Å². The van der Waals surface area contributed by atoms with Crippen molar-refractivity contribution in [2.45, 2.75) is 19.8 Å². The summed E-state index contributed by atoms with van der Waals surface area (Å²) in [6, 6.07) is 10.8. The topological polar surface area (TPSA) is 131 Å². The number of H-pyrrole nitrogens is 1. The maximum absolute atomic E-state index is 12.5. The number of aromatic nitrogens is 1. The number of Topliss-reactive ketones (excluding diaryl/α,β-unsaturated/α-hetero) is 1. The van der Waals surface area contributed by atoms with Gasteiger partial charge in [-0.3, -0.25) is 24.5 Å². The van der Waals surface area contributed by atoms with E-state index in [2.05, 4.69) is 10.3 Å². The Labute approximate surface area is 177 Å². The second-order valence-electron chi connectivity index (χ2n) is 6.79. The zero-order valence-corrected chi connectivity index (χ0v) is 16.8. The van der Waals surface area contributed by atoms with Gasteiger partial charge in [-0.2, -0.15) is 0 Å². The SMILES string of the molecule is CCc1cccc2c(C(=O)COC(=O)CCNC(=O)c3ccc([N+](=O)[O-])cc3)c[nH]c12. The molecule has 0 aliphatic heterocycles. The van der Waals surface area contributed by atoms with Gasteiger partial charge in [-0.15, -0.1) is 0 Å².